The number of hydrogen-bond donors (Lipinski definition) is 1. The van der Waals surface area contributed by atoms with Gasteiger partial charge in [-0.3, -0.25) is 10.1 Å². The number of imidazole rings is 1. The molecule has 2 aromatic carbocycles. The summed E-state index contributed by atoms with van der Waals surface area (Å²) in [5.41, 5.74) is 3.06. The average Bonchev–Trinajstić information content (AvgIpc) is 3.30. The third-order valence-electron chi connectivity index (χ3n) is 4.45. The first kappa shape index (κ1) is 14.3. The highest BCUT2D eigenvalue weighted by Gasteiger charge is 2.44. The number of aromatic nitrogens is 2. The van der Waals surface area contributed by atoms with E-state index in [1.165, 1.54) is 5.56 Å². The highest BCUT2D eigenvalue weighted by Crippen LogP contribution is 2.48. The highest BCUT2D eigenvalue weighted by atomic mass is 35.5. The van der Waals surface area contributed by atoms with Crippen molar-refractivity contribution in [2.24, 2.45) is 13.0 Å². The second kappa shape index (κ2) is 5.39. The number of para-hydroxylation sites is 2. The molecule has 4 rings (SSSR count). The number of hydrogen-bond acceptors (Lipinski definition) is 2. The van der Waals surface area contributed by atoms with Crippen LogP contribution in [0.3, 0.4) is 0 Å². The van der Waals surface area contributed by atoms with E-state index in [0.29, 0.717) is 5.95 Å². The van der Waals surface area contributed by atoms with E-state index < -0.39 is 0 Å². The number of carbonyl (C=O) groups excluding carboxylic acids is 1. The van der Waals surface area contributed by atoms with E-state index >= 15 is 0 Å². The highest BCUT2D eigenvalue weighted by molar-refractivity contribution is 6.30. The minimum atomic E-state index is 0.0102. The molecule has 0 spiro atoms. The van der Waals surface area contributed by atoms with E-state index in [9.17, 15) is 4.79 Å². The van der Waals surface area contributed by atoms with Crippen LogP contribution in [0.15, 0.2) is 48.5 Å². The zero-order valence-electron chi connectivity index (χ0n) is 12.7. The molecule has 1 aromatic heterocycles. The van der Waals surface area contributed by atoms with Gasteiger partial charge in [0.05, 0.1) is 11.0 Å². The number of halogens is 1. The molecule has 1 saturated carbocycles. The molecule has 0 aliphatic heterocycles. The molecule has 2 atom stereocenters. The third kappa shape index (κ3) is 2.59. The molecule has 0 radical (unpaired) electrons. The number of nitrogens with one attached hydrogen (secondary N) is 1. The second-order valence-corrected chi connectivity index (χ2v) is 6.41. The Morgan fingerprint density at radius 1 is 1.22 bits per heavy atom. The van der Waals surface area contributed by atoms with Crippen LogP contribution in [0.25, 0.3) is 11.0 Å². The minimum Gasteiger partial charge on any atom is -0.313 e. The number of fused-ring (bicyclic) bond motifs is 1. The van der Waals surface area contributed by atoms with Crippen LogP contribution in [-0.4, -0.2) is 15.5 Å². The second-order valence-electron chi connectivity index (χ2n) is 5.97. The molecule has 0 saturated heterocycles. The van der Waals surface area contributed by atoms with Crippen molar-refractivity contribution >= 4 is 34.5 Å². The summed E-state index contributed by atoms with van der Waals surface area (Å²) in [5.74, 6) is 0.916. The summed E-state index contributed by atoms with van der Waals surface area (Å²) in [5, 5.41) is 3.68. The zero-order valence-corrected chi connectivity index (χ0v) is 13.4. The van der Waals surface area contributed by atoms with Gasteiger partial charge in [0.1, 0.15) is 0 Å². The van der Waals surface area contributed by atoms with E-state index in [2.05, 4.69) is 10.3 Å². The van der Waals surface area contributed by atoms with Gasteiger partial charge < -0.3 is 4.57 Å². The van der Waals surface area contributed by atoms with Crippen LogP contribution in [-0.2, 0) is 11.8 Å². The molecule has 1 amide bonds. The molecule has 23 heavy (non-hydrogen) atoms. The van der Waals surface area contributed by atoms with Gasteiger partial charge in [0.2, 0.25) is 11.9 Å². The Morgan fingerprint density at radius 2 is 1.96 bits per heavy atom. The topological polar surface area (TPSA) is 46.9 Å². The zero-order chi connectivity index (χ0) is 16.0. The Kier molecular flexibility index (Phi) is 3.34. The van der Waals surface area contributed by atoms with E-state index in [-0.39, 0.29) is 17.7 Å². The van der Waals surface area contributed by atoms with Crippen LogP contribution < -0.4 is 5.32 Å². The number of carbonyl (C=O) groups is 1. The van der Waals surface area contributed by atoms with Gasteiger partial charge in [-0.2, -0.15) is 0 Å². The number of rotatable bonds is 3. The smallest absolute Gasteiger partial charge is 0.230 e. The number of nitrogens with zero attached hydrogens (tertiary/aromatic N) is 2. The lowest BCUT2D eigenvalue weighted by molar-refractivity contribution is -0.117. The number of amides is 1. The number of aryl methyl sites for hydroxylation is 1. The van der Waals surface area contributed by atoms with Gasteiger partial charge >= 0.3 is 0 Å². The van der Waals surface area contributed by atoms with Crippen molar-refractivity contribution in [3.63, 3.8) is 0 Å². The lowest BCUT2D eigenvalue weighted by Crippen LogP contribution is -2.17. The fourth-order valence-corrected chi connectivity index (χ4v) is 3.15. The van der Waals surface area contributed by atoms with Gasteiger partial charge in [0.25, 0.3) is 0 Å². The molecule has 5 heteroatoms. The molecular weight excluding hydrogens is 310 g/mol. The third-order valence-corrected chi connectivity index (χ3v) is 4.70. The Hall–Kier alpha value is -2.33. The van der Waals surface area contributed by atoms with Crippen molar-refractivity contribution in [1.29, 1.82) is 0 Å². The van der Waals surface area contributed by atoms with Gasteiger partial charge in [-0.1, -0.05) is 35.9 Å². The predicted octanol–water partition coefficient (Wildman–Crippen LogP) is 3.97. The summed E-state index contributed by atoms with van der Waals surface area (Å²) in [6.45, 7) is 0. The van der Waals surface area contributed by atoms with Crippen LogP contribution in [0.4, 0.5) is 5.95 Å². The maximum atomic E-state index is 12.5. The van der Waals surface area contributed by atoms with Gasteiger partial charge in [-0.25, -0.2) is 4.98 Å². The summed E-state index contributed by atoms with van der Waals surface area (Å²) in [6.07, 6.45) is 0.872. The van der Waals surface area contributed by atoms with E-state index in [4.69, 9.17) is 11.6 Å². The summed E-state index contributed by atoms with van der Waals surface area (Å²) in [7, 11) is 1.91. The van der Waals surface area contributed by atoms with Gasteiger partial charge in [0.15, 0.2) is 0 Å². The first-order valence-electron chi connectivity index (χ1n) is 7.61. The molecule has 0 unspecified atom stereocenters. The quantitative estimate of drug-likeness (QED) is 0.792. The van der Waals surface area contributed by atoms with Crippen LogP contribution in [0.2, 0.25) is 5.02 Å². The molecular formula is C18H16ClN3O. The van der Waals surface area contributed by atoms with Crippen molar-refractivity contribution in [2.75, 3.05) is 5.32 Å². The summed E-state index contributed by atoms with van der Waals surface area (Å²) in [4.78, 5) is 16.9. The van der Waals surface area contributed by atoms with Gasteiger partial charge in [-0.15, -0.1) is 0 Å². The molecule has 0 bridgehead atoms. The predicted molar refractivity (Wildman–Crippen MR) is 91.6 cm³/mol. The first-order valence-corrected chi connectivity index (χ1v) is 7.99. The molecule has 1 aliphatic carbocycles. The van der Waals surface area contributed by atoms with Crippen molar-refractivity contribution in [3.05, 3.63) is 59.1 Å². The van der Waals surface area contributed by atoms with Crippen LogP contribution in [0.1, 0.15) is 17.9 Å². The average molecular weight is 326 g/mol. The lowest BCUT2D eigenvalue weighted by Gasteiger charge is -2.05. The summed E-state index contributed by atoms with van der Waals surface area (Å²) >= 11 is 5.91. The maximum Gasteiger partial charge on any atom is 0.230 e. The Morgan fingerprint density at radius 3 is 2.70 bits per heavy atom. The summed E-state index contributed by atoms with van der Waals surface area (Å²) in [6, 6.07) is 15.6. The van der Waals surface area contributed by atoms with Crippen LogP contribution in [0.5, 0.6) is 0 Å². The molecule has 3 aromatic rings. The fraction of sp³-hybridized carbons (Fsp3) is 0.222. The van der Waals surface area contributed by atoms with Crippen molar-refractivity contribution in [1.82, 2.24) is 9.55 Å². The molecule has 1 aliphatic rings. The number of anilines is 1. The Labute approximate surface area is 139 Å². The van der Waals surface area contributed by atoms with E-state index in [1.807, 2.05) is 60.1 Å². The first-order chi connectivity index (χ1) is 11.1. The van der Waals surface area contributed by atoms with E-state index in [0.717, 1.165) is 22.5 Å². The summed E-state index contributed by atoms with van der Waals surface area (Å²) < 4.78 is 1.91. The molecule has 4 nitrogen and oxygen atoms in total. The normalized spacial score (nSPS) is 19.7. The van der Waals surface area contributed by atoms with E-state index in [1.54, 1.807) is 0 Å². The molecule has 116 valence electrons. The Bertz CT molecular complexity index is 885. The van der Waals surface area contributed by atoms with Crippen LogP contribution >= 0.6 is 11.6 Å². The lowest BCUT2D eigenvalue weighted by atomic mass is 10.1. The minimum absolute atomic E-state index is 0.0102. The van der Waals surface area contributed by atoms with Crippen LogP contribution in [0, 0.1) is 5.92 Å². The van der Waals surface area contributed by atoms with Gasteiger partial charge in [0, 0.05) is 18.0 Å². The molecule has 1 fully saturated rings. The SMILES string of the molecule is Cn1c(NC(=O)[C@H]2C[C@H]2c2ccc(Cl)cc2)nc2ccccc21. The molecule has 1 N–H and O–H groups in total. The Balaban J connectivity index is 1.50. The monoisotopic (exact) mass is 325 g/mol. The number of benzene rings is 2. The van der Waals surface area contributed by atoms with Crippen molar-refractivity contribution in [2.45, 2.75) is 12.3 Å². The fourth-order valence-electron chi connectivity index (χ4n) is 3.02. The van der Waals surface area contributed by atoms with Crippen molar-refractivity contribution < 1.29 is 4.79 Å². The standard InChI is InChI=1S/C18H16ClN3O/c1-22-16-5-3-2-4-15(16)20-18(22)21-17(23)14-10-13(14)11-6-8-12(19)9-7-11/h2-9,13-14H,10H2,1H3,(H,20,21,23)/t13-,14-/m0/s1. The van der Waals surface area contributed by atoms with Crippen molar-refractivity contribution in [3.8, 4) is 0 Å². The largest absolute Gasteiger partial charge is 0.313 e. The molecule has 1 heterocycles. The van der Waals surface area contributed by atoms with Gasteiger partial charge in [-0.05, 0) is 42.2 Å². The maximum absolute atomic E-state index is 12.5.